The largest absolute Gasteiger partial charge is 0.492 e. The molecule has 134 valence electrons. The lowest BCUT2D eigenvalue weighted by atomic mass is 10.00. The fourth-order valence-corrected chi connectivity index (χ4v) is 4.01. The minimum Gasteiger partial charge on any atom is -0.492 e. The molecule has 1 aromatic rings. The molecule has 3 rings (SSSR count). The quantitative estimate of drug-likeness (QED) is 0.855. The van der Waals surface area contributed by atoms with Crippen molar-refractivity contribution in [2.75, 3.05) is 64.1 Å². The van der Waals surface area contributed by atoms with Crippen molar-refractivity contribution < 1.29 is 9.13 Å². The van der Waals surface area contributed by atoms with Gasteiger partial charge < -0.3 is 20.3 Å². The summed E-state index contributed by atoms with van der Waals surface area (Å²) in [5, 5.41) is 0. The van der Waals surface area contributed by atoms with E-state index in [0.29, 0.717) is 17.4 Å². The van der Waals surface area contributed by atoms with E-state index in [1.165, 1.54) is 7.11 Å². The molecule has 0 atom stereocenters. The number of likely N-dealkylation sites (N-methyl/N-ethyl adjacent to an activating group) is 1. The van der Waals surface area contributed by atoms with Crippen LogP contribution in [0, 0.1) is 12.7 Å². The van der Waals surface area contributed by atoms with E-state index in [1.807, 2.05) is 13.0 Å². The highest BCUT2D eigenvalue weighted by Crippen LogP contribution is 2.37. The molecule has 1 aromatic carbocycles. The number of aryl methyl sites for hydroxylation is 1. The van der Waals surface area contributed by atoms with Crippen LogP contribution in [0.3, 0.4) is 0 Å². The summed E-state index contributed by atoms with van der Waals surface area (Å²) in [5.74, 6) is -0.162. The van der Waals surface area contributed by atoms with Crippen molar-refractivity contribution in [2.24, 2.45) is 0 Å². The normalized spacial score (nSPS) is 21.2. The number of hydrogen-bond donors (Lipinski definition) is 1. The van der Waals surface area contributed by atoms with Crippen LogP contribution >= 0.6 is 0 Å². The van der Waals surface area contributed by atoms with Crippen molar-refractivity contribution in [1.82, 2.24) is 9.80 Å². The molecule has 0 bridgehead atoms. The zero-order valence-corrected chi connectivity index (χ0v) is 15.0. The lowest BCUT2D eigenvalue weighted by Crippen LogP contribution is -2.52. The number of nitrogen functional groups attached to an aromatic ring is 1. The molecule has 2 fully saturated rings. The molecule has 0 aliphatic carbocycles. The third-order valence-electron chi connectivity index (χ3n) is 5.45. The van der Waals surface area contributed by atoms with E-state index in [0.717, 1.165) is 57.7 Å². The molecule has 6 heteroatoms. The Morgan fingerprint density at radius 1 is 1.12 bits per heavy atom. The summed E-state index contributed by atoms with van der Waals surface area (Å²) in [6.45, 7) is 8.24. The molecule has 0 spiro atoms. The fraction of sp³-hybridized carbons (Fsp3) is 0.667. The van der Waals surface area contributed by atoms with Crippen LogP contribution in [-0.2, 0) is 0 Å². The van der Waals surface area contributed by atoms with Crippen molar-refractivity contribution in [2.45, 2.75) is 25.8 Å². The minimum absolute atomic E-state index is 0.164. The number of anilines is 2. The first kappa shape index (κ1) is 17.3. The highest BCUT2D eigenvalue weighted by Gasteiger charge is 2.29. The number of ether oxygens (including phenoxy) is 1. The van der Waals surface area contributed by atoms with Gasteiger partial charge in [-0.1, -0.05) is 0 Å². The molecule has 0 saturated carbocycles. The summed E-state index contributed by atoms with van der Waals surface area (Å²) < 4.78 is 20.0. The van der Waals surface area contributed by atoms with Gasteiger partial charge in [-0.3, -0.25) is 4.90 Å². The fourth-order valence-electron chi connectivity index (χ4n) is 4.01. The number of rotatable bonds is 3. The lowest BCUT2D eigenvalue weighted by Gasteiger charge is -2.43. The van der Waals surface area contributed by atoms with Gasteiger partial charge >= 0.3 is 0 Å². The molecule has 2 aliphatic rings. The maximum Gasteiger partial charge on any atom is 0.190 e. The van der Waals surface area contributed by atoms with Crippen molar-refractivity contribution in [3.05, 3.63) is 17.4 Å². The summed E-state index contributed by atoms with van der Waals surface area (Å²) in [6, 6.07) is 2.43. The first-order valence-corrected chi connectivity index (χ1v) is 8.81. The summed E-state index contributed by atoms with van der Waals surface area (Å²) in [7, 11) is 3.65. The Kier molecular flexibility index (Phi) is 5.15. The van der Waals surface area contributed by atoms with Crippen molar-refractivity contribution in [3.63, 3.8) is 0 Å². The van der Waals surface area contributed by atoms with E-state index in [-0.39, 0.29) is 11.6 Å². The molecule has 2 N–H and O–H groups in total. The minimum atomic E-state index is -0.326. The van der Waals surface area contributed by atoms with E-state index in [2.05, 4.69) is 21.7 Å². The van der Waals surface area contributed by atoms with E-state index in [1.54, 1.807) is 0 Å². The second-order valence-electron chi connectivity index (χ2n) is 7.04. The van der Waals surface area contributed by atoms with E-state index in [4.69, 9.17) is 10.5 Å². The SMILES string of the molecule is COc1c(N)cc(C)c(N2CCC(N3CCN(C)CC3)CC2)c1F. The summed E-state index contributed by atoms with van der Waals surface area (Å²) >= 11 is 0. The number of piperazine rings is 1. The maximum absolute atomic E-state index is 14.8. The van der Waals surface area contributed by atoms with Crippen LogP contribution in [0.4, 0.5) is 15.8 Å². The molecule has 0 unspecified atom stereocenters. The van der Waals surface area contributed by atoms with Crippen LogP contribution in [0.5, 0.6) is 5.75 Å². The van der Waals surface area contributed by atoms with Crippen LogP contribution < -0.4 is 15.4 Å². The van der Waals surface area contributed by atoms with Gasteiger partial charge in [0.15, 0.2) is 11.6 Å². The average Bonchev–Trinajstić information content (AvgIpc) is 2.56. The van der Waals surface area contributed by atoms with Crippen molar-refractivity contribution in [3.8, 4) is 5.75 Å². The third-order valence-corrected chi connectivity index (χ3v) is 5.45. The standard InChI is InChI=1S/C18H29FN4O/c1-13-12-15(20)18(24-3)16(19)17(13)23-6-4-14(5-7-23)22-10-8-21(2)9-11-22/h12,14H,4-11,20H2,1-3H3. The second-order valence-corrected chi connectivity index (χ2v) is 7.04. The average molecular weight is 336 g/mol. The van der Waals surface area contributed by atoms with Crippen LogP contribution in [0.25, 0.3) is 0 Å². The van der Waals surface area contributed by atoms with Crippen LogP contribution in [0.15, 0.2) is 6.07 Å². The topological polar surface area (TPSA) is 45.0 Å². The molecule has 2 aliphatic heterocycles. The predicted molar refractivity (Wildman–Crippen MR) is 96.4 cm³/mol. The van der Waals surface area contributed by atoms with Gasteiger partial charge in [0, 0.05) is 45.3 Å². The summed E-state index contributed by atoms with van der Waals surface area (Å²) in [4.78, 5) is 7.13. The number of nitrogens with zero attached hydrogens (tertiary/aromatic N) is 3. The van der Waals surface area contributed by atoms with Gasteiger partial charge in [0.25, 0.3) is 0 Å². The van der Waals surface area contributed by atoms with Crippen LogP contribution in [0.1, 0.15) is 18.4 Å². The highest BCUT2D eigenvalue weighted by atomic mass is 19.1. The van der Waals surface area contributed by atoms with E-state index >= 15 is 0 Å². The molecular weight excluding hydrogens is 307 g/mol. The smallest absolute Gasteiger partial charge is 0.190 e. The number of nitrogens with two attached hydrogens (primary N) is 1. The van der Waals surface area contributed by atoms with Crippen LogP contribution in [-0.4, -0.2) is 69.3 Å². The van der Waals surface area contributed by atoms with E-state index in [9.17, 15) is 4.39 Å². The van der Waals surface area contributed by atoms with E-state index < -0.39 is 0 Å². The third kappa shape index (κ3) is 3.30. The first-order chi connectivity index (χ1) is 11.5. The molecule has 24 heavy (non-hydrogen) atoms. The van der Waals surface area contributed by atoms with Gasteiger partial charge in [-0.15, -0.1) is 0 Å². The Balaban J connectivity index is 1.69. The number of hydrogen-bond acceptors (Lipinski definition) is 5. The van der Waals surface area contributed by atoms with Gasteiger partial charge in [0.1, 0.15) is 0 Å². The number of halogens is 1. The molecule has 0 radical (unpaired) electrons. The molecule has 2 saturated heterocycles. The Labute approximate surface area is 144 Å². The number of piperidine rings is 1. The Bertz CT molecular complexity index is 579. The zero-order chi connectivity index (χ0) is 17.3. The van der Waals surface area contributed by atoms with Gasteiger partial charge in [0.05, 0.1) is 18.5 Å². The summed E-state index contributed by atoms with van der Waals surface area (Å²) in [6.07, 6.45) is 2.16. The van der Waals surface area contributed by atoms with Gasteiger partial charge in [0.2, 0.25) is 0 Å². The Hall–Kier alpha value is -1.53. The highest BCUT2D eigenvalue weighted by molar-refractivity contribution is 5.68. The molecule has 0 aromatic heterocycles. The molecular formula is C18H29FN4O. The lowest BCUT2D eigenvalue weighted by molar-refractivity contribution is 0.0981. The monoisotopic (exact) mass is 336 g/mol. The second kappa shape index (κ2) is 7.15. The van der Waals surface area contributed by atoms with Gasteiger partial charge in [-0.2, -0.15) is 0 Å². The van der Waals surface area contributed by atoms with Gasteiger partial charge in [-0.25, -0.2) is 4.39 Å². The molecule has 5 nitrogen and oxygen atoms in total. The maximum atomic E-state index is 14.8. The number of benzene rings is 1. The Morgan fingerprint density at radius 2 is 1.75 bits per heavy atom. The van der Waals surface area contributed by atoms with Crippen LogP contribution in [0.2, 0.25) is 0 Å². The number of methoxy groups -OCH3 is 1. The zero-order valence-electron chi connectivity index (χ0n) is 15.0. The molecule has 2 heterocycles. The van der Waals surface area contributed by atoms with Crippen molar-refractivity contribution in [1.29, 1.82) is 0 Å². The Morgan fingerprint density at radius 3 is 2.33 bits per heavy atom. The summed E-state index contributed by atoms with van der Waals surface area (Å²) in [5.41, 5.74) is 7.76. The van der Waals surface area contributed by atoms with Gasteiger partial charge in [-0.05, 0) is 38.4 Å². The molecule has 0 amide bonds. The predicted octanol–water partition coefficient (Wildman–Crippen LogP) is 1.94. The van der Waals surface area contributed by atoms with Crippen molar-refractivity contribution >= 4 is 11.4 Å². The first-order valence-electron chi connectivity index (χ1n) is 8.81.